The predicted molar refractivity (Wildman–Crippen MR) is 43.6 cm³/mol. The maximum absolute atomic E-state index is 8.35. The topological polar surface area (TPSA) is 36.3 Å². The first kappa shape index (κ1) is 9.83. The molecule has 3 heteroatoms. The summed E-state index contributed by atoms with van der Waals surface area (Å²) in [6.07, 6.45) is 3.69. The van der Waals surface area contributed by atoms with Crippen molar-refractivity contribution >= 4 is 0 Å². The van der Waals surface area contributed by atoms with Gasteiger partial charge in [-0.05, 0) is 19.4 Å². The Balaban J connectivity index is 3.30. The zero-order valence-corrected chi connectivity index (χ0v) is 7.29. The van der Waals surface area contributed by atoms with Crippen LogP contribution in [0.15, 0.2) is 11.8 Å². The van der Waals surface area contributed by atoms with Crippen LogP contribution in [0.1, 0.15) is 13.8 Å². The van der Waals surface area contributed by atoms with Crippen LogP contribution < -0.4 is 0 Å². The molecule has 3 nitrogen and oxygen atoms in total. The lowest BCUT2D eigenvalue weighted by Gasteiger charge is -2.07. The largest absolute Gasteiger partial charge is 0.499 e. The Labute approximate surface area is 67.9 Å². The molecule has 0 amide bonds. The number of rotatable bonds is 4. The molecule has 11 heavy (non-hydrogen) atoms. The van der Waals surface area contributed by atoms with E-state index in [-0.39, 0.29) is 0 Å². The maximum Gasteiger partial charge on any atom is 0.179 e. The summed E-state index contributed by atoms with van der Waals surface area (Å²) in [5.74, 6) is 0. The van der Waals surface area contributed by atoms with Gasteiger partial charge in [-0.3, -0.25) is 0 Å². The highest BCUT2D eigenvalue weighted by molar-refractivity contribution is 4.86. The highest BCUT2D eigenvalue weighted by atomic mass is 16.5. The Kier molecular flexibility index (Phi) is 5.01. The summed E-state index contributed by atoms with van der Waals surface area (Å²) < 4.78 is 5.11. The van der Waals surface area contributed by atoms with E-state index < -0.39 is 0 Å². The predicted octanol–water partition coefficient (Wildman–Crippen LogP) is 1.34. The third-order valence-electron chi connectivity index (χ3n) is 1.03. The summed E-state index contributed by atoms with van der Waals surface area (Å²) in [4.78, 5) is 1.53. The SMILES string of the molecule is CC(C)=COCCN(C)C#N. The van der Waals surface area contributed by atoms with Crippen molar-refractivity contribution in [3.05, 3.63) is 11.8 Å². The Morgan fingerprint density at radius 2 is 2.27 bits per heavy atom. The van der Waals surface area contributed by atoms with Gasteiger partial charge in [0.15, 0.2) is 6.19 Å². The van der Waals surface area contributed by atoms with Crippen molar-refractivity contribution in [3.8, 4) is 6.19 Å². The van der Waals surface area contributed by atoms with Crippen LogP contribution in [0.2, 0.25) is 0 Å². The summed E-state index contributed by atoms with van der Waals surface area (Å²) in [5.41, 5.74) is 1.13. The molecule has 0 aliphatic heterocycles. The van der Waals surface area contributed by atoms with Gasteiger partial charge in [0.05, 0.1) is 12.8 Å². The fourth-order valence-electron chi connectivity index (χ4n) is 0.465. The van der Waals surface area contributed by atoms with Crippen LogP contribution in [-0.2, 0) is 4.74 Å². The summed E-state index contributed by atoms with van der Waals surface area (Å²) in [6, 6.07) is 0. The molecule has 0 heterocycles. The van der Waals surface area contributed by atoms with Crippen molar-refractivity contribution < 1.29 is 4.74 Å². The lowest BCUT2D eigenvalue weighted by molar-refractivity contribution is 0.221. The van der Waals surface area contributed by atoms with E-state index in [2.05, 4.69) is 0 Å². The van der Waals surface area contributed by atoms with Crippen LogP contribution in [0.25, 0.3) is 0 Å². The highest BCUT2D eigenvalue weighted by Gasteiger charge is 1.90. The third kappa shape index (κ3) is 6.72. The molecule has 0 aromatic heterocycles. The molecule has 0 aliphatic rings. The molecule has 0 rings (SSSR count). The minimum Gasteiger partial charge on any atom is -0.499 e. The molecule has 0 saturated carbocycles. The first-order valence-corrected chi connectivity index (χ1v) is 3.52. The van der Waals surface area contributed by atoms with Gasteiger partial charge in [-0.2, -0.15) is 5.26 Å². The van der Waals surface area contributed by atoms with Crippen molar-refractivity contribution in [2.75, 3.05) is 20.2 Å². The van der Waals surface area contributed by atoms with Gasteiger partial charge < -0.3 is 9.64 Å². The first-order valence-electron chi connectivity index (χ1n) is 3.52. The lowest BCUT2D eigenvalue weighted by Crippen LogP contribution is -2.16. The van der Waals surface area contributed by atoms with Crippen LogP contribution in [0.4, 0.5) is 0 Å². The smallest absolute Gasteiger partial charge is 0.179 e. The fourth-order valence-corrected chi connectivity index (χ4v) is 0.465. The molecule has 0 aromatic rings. The summed E-state index contributed by atoms with van der Waals surface area (Å²) in [6.45, 7) is 5.14. The number of hydrogen-bond donors (Lipinski definition) is 0. The average molecular weight is 154 g/mol. The minimum atomic E-state index is 0.565. The van der Waals surface area contributed by atoms with Gasteiger partial charge in [-0.1, -0.05) is 0 Å². The van der Waals surface area contributed by atoms with E-state index in [9.17, 15) is 0 Å². The molecule has 0 aromatic carbocycles. The van der Waals surface area contributed by atoms with E-state index in [0.717, 1.165) is 5.57 Å². The quantitative estimate of drug-likeness (QED) is 0.265. The lowest BCUT2D eigenvalue weighted by atomic mass is 10.4. The second kappa shape index (κ2) is 5.60. The molecule has 0 atom stereocenters. The molecule has 0 saturated heterocycles. The van der Waals surface area contributed by atoms with E-state index in [0.29, 0.717) is 13.2 Å². The molecule has 0 bridgehead atoms. The Hall–Kier alpha value is -1.17. The monoisotopic (exact) mass is 154 g/mol. The van der Waals surface area contributed by atoms with Gasteiger partial charge in [0, 0.05) is 7.05 Å². The molecule has 0 aliphatic carbocycles. The van der Waals surface area contributed by atoms with Crippen LogP contribution >= 0.6 is 0 Å². The molecule has 0 radical (unpaired) electrons. The van der Waals surface area contributed by atoms with Crippen LogP contribution in [0.5, 0.6) is 0 Å². The number of hydrogen-bond acceptors (Lipinski definition) is 3. The molecule has 62 valence electrons. The van der Waals surface area contributed by atoms with Gasteiger partial charge in [-0.15, -0.1) is 0 Å². The molecular formula is C8H14N2O. The highest BCUT2D eigenvalue weighted by Crippen LogP contribution is 1.89. The Bertz CT molecular complexity index is 165. The van der Waals surface area contributed by atoms with Crippen molar-refractivity contribution in [3.63, 3.8) is 0 Å². The third-order valence-corrected chi connectivity index (χ3v) is 1.03. The number of nitriles is 1. The van der Waals surface area contributed by atoms with E-state index in [1.807, 2.05) is 20.0 Å². The minimum absolute atomic E-state index is 0.565. The number of ether oxygens (including phenoxy) is 1. The standard InChI is InChI=1S/C8H14N2O/c1-8(2)6-11-5-4-10(3)7-9/h6H,4-5H2,1-3H3. The Morgan fingerprint density at radius 3 is 2.73 bits per heavy atom. The maximum atomic E-state index is 8.35. The first-order chi connectivity index (χ1) is 5.16. The number of allylic oxidation sites excluding steroid dienone is 1. The normalized spacial score (nSPS) is 8.18. The number of likely N-dealkylation sites (N-methyl/N-ethyl adjacent to an activating group) is 1. The van der Waals surface area contributed by atoms with Crippen LogP contribution in [0.3, 0.4) is 0 Å². The van der Waals surface area contributed by atoms with E-state index >= 15 is 0 Å². The van der Waals surface area contributed by atoms with Gasteiger partial charge in [0.1, 0.15) is 6.61 Å². The zero-order valence-electron chi connectivity index (χ0n) is 7.29. The molecular weight excluding hydrogens is 140 g/mol. The summed E-state index contributed by atoms with van der Waals surface area (Å²) in [5, 5.41) is 8.35. The second-order valence-corrected chi connectivity index (χ2v) is 2.59. The molecule has 0 unspecified atom stereocenters. The van der Waals surface area contributed by atoms with Gasteiger partial charge in [0.2, 0.25) is 0 Å². The van der Waals surface area contributed by atoms with Crippen LogP contribution in [0, 0.1) is 11.5 Å². The molecule has 0 N–H and O–H groups in total. The van der Waals surface area contributed by atoms with Crippen molar-refractivity contribution in [2.24, 2.45) is 0 Å². The van der Waals surface area contributed by atoms with Gasteiger partial charge >= 0.3 is 0 Å². The Morgan fingerprint density at radius 1 is 1.64 bits per heavy atom. The fraction of sp³-hybridized carbons (Fsp3) is 0.625. The summed E-state index contributed by atoms with van der Waals surface area (Å²) in [7, 11) is 1.73. The van der Waals surface area contributed by atoms with E-state index in [4.69, 9.17) is 10.00 Å². The zero-order chi connectivity index (χ0) is 8.69. The van der Waals surface area contributed by atoms with E-state index in [1.54, 1.807) is 13.3 Å². The van der Waals surface area contributed by atoms with Crippen molar-refractivity contribution in [1.29, 1.82) is 5.26 Å². The van der Waals surface area contributed by atoms with Gasteiger partial charge in [-0.25, -0.2) is 0 Å². The molecule has 0 fully saturated rings. The van der Waals surface area contributed by atoms with Crippen molar-refractivity contribution in [1.82, 2.24) is 4.90 Å². The molecule has 0 spiro atoms. The summed E-state index contributed by atoms with van der Waals surface area (Å²) >= 11 is 0. The van der Waals surface area contributed by atoms with E-state index in [1.165, 1.54) is 4.90 Å². The number of nitrogens with zero attached hydrogens (tertiary/aromatic N) is 2. The van der Waals surface area contributed by atoms with Gasteiger partial charge in [0.25, 0.3) is 0 Å². The van der Waals surface area contributed by atoms with Crippen molar-refractivity contribution in [2.45, 2.75) is 13.8 Å². The second-order valence-electron chi connectivity index (χ2n) is 2.59. The van der Waals surface area contributed by atoms with Crippen LogP contribution in [-0.4, -0.2) is 25.1 Å². The average Bonchev–Trinajstić information content (AvgIpc) is 1.97.